The lowest BCUT2D eigenvalue weighted by atomic mass is 10.0. The molecule has 0 bridgehead atoms. The summed E-state index contributed by atoms with van der Waals surface area (Å²) in [5.41, 5.74) is 0.705. The molecule has 0 saturated carbocycles. The number of methoxy groups -OCH3 is 2. The first-order valence-electron chi connectivity index (χ1n) is 5.41. The highest BCUT2D eigenvalue weighted by atomic mass is 16.5. The van der Waals surface area contributed by atoms with E-state index in [-0.39, 0.29) is 11.9 Å². The number of ether oxygens (including phenoxy) is 2. The molecule has 0 radical (unpaired) electrons. The van der Waals surface area contributed by atoms with E-state index in [1.165, 1.54) is 0 Å². The summed E-state index contributed by atoms with van der Waals surface area (Å²) in [6.45, 7) is 2.01. The van der Waals surface area contributed by atoms with Crippen LogP contribution in [-0.4, -0.2) is 26.1 Å². The Bertz CT molecular complexity index is 326. The van der Waals surface area contributed by atoms with Crippen molar-refractivity contribution in [3.05, 3.63) is 29.8 Å². The molecular weight excluding hydrogens is 204 g/mol. The topological polar surface area (TPSA) is 35.5 Å². The average Bonchev–Trinajstić information content (AvgIpc) is 2.35. The molecule has 0 amide bonds. The molecule has 0 aliphatic rings. The third kappa shape index (κ3) is 3.35. The molecule has 0 heterocycles. The van der Waals surface area contributed by atoms with Crippen LogP contribution >= 0.6 is 0 Å². The van der Waals surface area contributed by atoms with Gasteiger partial charge in [0, 0.05) is 19.1 Å². The lowest BCUT2D eigenvalue weighted by Gasteiger charge is -2.11. The maximum absolute atomic E-state index is 11.9. The summed E-state index contributed by atoms with van der Waals surface area (Å²) < 4.78 is 10.2. The van der Waals surface area contributed by atoms with Gasteiger partial charge in [0.25, 0.3) is 0 Å². The Hall–Kier alpha value is -1.35. The van der Waals surface area contributed by atoms with E-state index in [0.29, 0.717) is 12.0 Å². The predicted molar refractivity (Wildman–Crippen MR) is 63.0 cm³/mol. The molecule has 1 aromatic rings. The van der Waals surface area contributed by atoms with E-state index in [0.717, 1.165) is 12.2 Å². The molecule has 1 aromatic carbocycles. The summed E-state index contributed by atoms with van der Waals surface area (Å²) in [6, 6.07) is 7.15. The van der Waals surface area contributed by atoms with Crippen molar-refractivity contribution in [1.82, 2.24) is 0 Å². The Morgan fingerprint density at radius 3 is 2.31 bits per heavy atom. The van der Waals surface area contributed by atoms with Crippen LogP contribution in [0.3, 0.4) is 0 Å². The molecule has 3 nitrogen and oxygen atoms in total. The molecule has 0 spiro atoms. The fourth-order valence-corrected chi connectivity index (χ4v) is 1.50. The first kappa shape index (κ1) is 12.7. The van der Waals surface area contributed by atoms with Gasteiger partial charge in [-0.05, 0) is 30.7 Å². The van der Waals surface area contributed by atoms with Crippen molar-refractivity contribution in [2.75, 3.05) is 14.2 Å². The standard InChI is InChI=1S/C13H18O3/c1-4-11(15-2)9-13(14)10-5-7-12(16-3)8-6-10/h5-8,11H,4,9H2,1-3H3. The molecule has 0 aliphatic heterocycles. The van der Waals surface area contributed by atoms with Gasteiger partial charge in [-0.15, -0.1) is 0 Å². The van der Waals surface area contributed by atoms with Gasteiger partial charge in [-0.25, -0.2) is 0 Å². The second kappa shape index (κ2) is 6.28. The fourth-order valence-electron chi connectivity index (χ4n) is 1.50. The summed E-state index contributed by atoms with van der Waals surface area (Å²) in [7, 11) is 3.24. The number of rotatable bonds is 6. The van der Waals surface area contributed by atoms with Gasteiger partial charge in [-0.1, -0.05) is 6.92 Å². The average molecular weight is 222 g/mol. The summed E-state index contributed by atoms with van der Waals surface area (Å²) in [5.74, 6) is 0.867. The Balaban J connectivity index is 2.65. The number of hydrogen-bond donors (Lipinski definition) is 0. The molecule has 16 heavy (non-hydrogen) atoms. The summed E-state index contributed by atoms with van der Waals surface area (Å²) in [6.07, 6.45) is 1.28. The molecule has 1 unspecified atom stereocenters. The highest BCUT2D eigenvalue weighted by Gasteiger charge is 2.12. The lowest BCUT2D eigenvalue weighted by Crippen LogP contribution is -2.15. The number of hydrogen-bond acceptors (Lipinski definition) is 3. The van der Waals surface area contributed by atoms with E-state index in [9.17, 15) is 4.79 Å². The minimum atomic E-state index is 0.00889. The highest BCUT2D eigenvalue weighted by Crippen LogP contribution is 2.14. The fraction of sp³-hybridized carbons (Fsp3) is 0.462. The molecule has 1 atom stereocenters. The van der Waals surface area contributed by atoms with E-state index in [2.05, 4.69) is 0 Å². The van der Waals surface area contributed by atoms with Crippen molar-refractivity contribution in [1.29, 1.82) is 0 Å². The van der Waals surface area contributed by atoms with Crippen molar-refractivity contribution in [2.24, 2.45) is 0 Å². The Kier molecular flexibility index (Phi) is 4.99. The summed E-state index contributed by atoms with van der Waals surface area (Å²) in [4.78, 5) is 11.9. The van der Waals surface area contributed by atoms with E-state index in [1.807, 2.05) is 6.92 Å². The first-order chi connectivity index (χ1) is 7.71. The molecule has 1 rings (SSSR count). The van der Waals surface area contributed by atoms with Crippen LogP contribution in [-0.2, 0) is 4.74 Å². The lowest BCUT2D eigenvalue weighted by molar-refractivity contribution is 0.0718. The number of ketones is 1. The van der Waals surface area contributed by atoms with Crippen molar-refractivity contribution in [3.8, 4) is 5.75 Å². The molecule has 0 aromatic heterocycles. The molecular formula is C13H18O3. The van der Waals surface area contributed by atoms with Crippen molar-refractivity contribution >= 4 is 5.78 Å². The number of benzene rings is 1. The molecule has 88 valence electrons. The van der Waals surface area contributed by atoms with Gasteiger partial charge in [0.05, 0.1) is 13.2 Å². The van der Waals surface area contributed by atoms with Gasteiger partial charge in [0.15, 0.2) is 5.78 Å². The monoisotopic (exact) mass is 222 g/mol. The quantitative estimate of drug-likeness (QED) is 0.694. The molecule has 0 saturated heterocycles. The van der Waals surface area contributed by atoms with Gasteiger partial charge in [0.2, 0.25) is 0 Å². The Labute approximate surface area is 96.4 Å². The smallest absolute Gasteiger partial charge is 0.165 e. The van der Waals surface area contributed by atoms with Crippen molar-refractivity contribution < 1.29 is 14.3 Å². The molecule has 0 N–H and O–H groups in total. The largest absolute Gasteiger partial charge is 0.497 e. The number of carbonyl (C=O) groups excluding carboxylic acids is 1. The second-order valence-electron chi connectivity index (χ2n) is 3.62. The maximum Gasteiger partial charge on any atom is 0.165 e. The Morgan fingerprint density at radius 1 is 1.25 bits per heavy atom. The van der Waals surface area contributed by atoms with Crippen LogP contribution in [0.1, 0.15) is 30.1 Å². The predicted octanol–water partition coefficient (Wildman–Crippen LogP) is 2.69. The third-order valence-corrected chi connectivity index (χ3v) is 2.61. The van der Waals surface area contributed by atoms with Crippen LogP contribution in [0.2, 0.25) is 0 Å². The third-order valence-electron chi connectivity index (χ3n) is 2.61. The first-order valence-corrected chi connectivity index (χ1v) is 5.41. The summed E-state index contributed by atoms with van der Waals surface area (Å²) >= 11 is 0. The summed E-state index contributed by atoms with van der Waals surface area (Å²) in [5, 5.41) is 0. The van der Waals surface area contributed by atoms with Gasteiger partial charge in [-0.2, -0.15) is 0 Å². The van der Waals surface area contributed by atoms with Crippen LogP contribution in [0.15, 0.2) is 24.3 Å². The zero-order valence-corrected chi connectivity index (χ0v) is 10.0. The van der Waals surface area contributed by atoms with Gasteiger partial charge >= 0.3 is 0 Å². The zero-order chi connectivity index (χ0) is 12.0. The SMILES string of the molecule is CCC(CC(=O)c1ccc(OC)cc1)OC. The van der Waals surface area contributed by atoms with Crippen molar-refractivity contribution in [3.63, 3.8) is 0 Å². The van der Waals surface area contributed by atoms with Gasteiger partial charge < -0.3 is 9.47 Å². The second-order valence-corrected chi connectivity index (χ2v) is 3.62. The minimum absolute atomic E-state index is 0.00889. The normalized spacial score (nSPS) is 12.2. The van der Waals surface area contributed by atoms with Gasteiger partial charge in [-0.3, -0.25) is 4.79 Å². The minimum Gasteiger partial charge on any atom is -0.497 e. The molecule has 0 aliphatic carbocycles. The van der Waals surface area contributed by atoms with Crippen LogP contribution in [0.25, 0.3) is 0 Å². The van der Waals surface area contributed by atoms with E-state index in [1.54, 1.807) is 38.5 Å². The number of carbonyl (C=O) groups is 1. The zero-order valence-electron chi connectivity index (χ0n) is 10.0. The highest BCUT2D eigenvalue weighted by molar-refractivity contribution is 5.96. The number of Topliss-reactive ketones (excluding diaryl/α,β-unsaturated/α-hetero) is 1. The Morgan fingerprint density at radius 2 is 1.88 bits per heavy atom. The van der Waals surface area contributed by atoms with Gasteiger partial charge in [0.1, 0.15) is 5.75 Å². The van der Waals surface area contributed by atoms with E-state index in [4.69, 9.17) is 9.47 Å². The molecule has 0 fully saturated rings. The van der Waals surface area contributed by atoms with Crippen LogP contribution in [0, 0.1) is 0 Å². The van der Waals surface area contributed by atoms with Crippen LogP contribution in [0.5, 0.6) is 5.75 Å². The molecule has 3 heteroatoms. The van der Waals surface area contributed by atoms with E-state index < -0.39 is 0 Å². The van der Waals surface area contributed by atoms with E-state index >= 15 is 0 Å². The van der Waals surface area contributed by atoms with Crippen LogP contribution < -0.4 is 4.74 Å². The van der Waals surface area contributed by atoms with Crippen LogP contribution in [0.4, 0.5) is 0 Å². The maximum atomic E-state index is 11.9. The van der Waals surface area contributed by atoms with Crippen molar-refractivity contribution in [2.45, 2.75) is 25.9 Å².